The third-order valence-electron chi connectivity index (χ3n) is 8.82. The maximum Gasteiger partial charge on any atom is 0.416 e. The number of carbonyl (C=O) groups excluding carboxylic acids is 2. The minimum absolute atomic E-state index is 0.00149. The molecule has 0 saturated carbocycles. The number of anilines is 1. The van der Waals surface area contributed by atoms with E-state index < -0.39 is 59.4 Å². The fraction of sp³-hybridized carbons (Fsp3) is 0.333. The second-order valence-corrected chi connectivity index (χ2v) is 14.3. The minimum Gasteiger partial charge on any atom is -0.486 e. The molecule has 14 heteroatoms. The second-order valence-electron chi connectivity index (χ2n) is 13.2. The van der Waals surface area contributed by atoms with Crippen molar-refractivity contribution in [1.29, 1.82) is 0 Å². The van der Waals surface area contributed by atoms with Crippen LogP contribution in [0.1, 0.15) is 46.5 Å². The Kier molecular flexibility index (Phi) is 12.5. The maximum atomic E-state index is 13.8. The van der Waals surface area contributed by atoms with Gasteiger partial charge in [-0.25, -0.2) is 0 Å². The molecule has 1 unspecified atom stereocenters. The Hall–Kier alpha value is -4.53. The molecular weight excluding hydrogens is 721 g/mol. The lowest BCUT2D eigenvalue weighted by atomic mass is 9.98. The number of halogens is 6. The number of benzene rings is 4. The van der Waals surface area contributed by atoms with Gasteiger partial charge in [0.2, 0.25) is 5.91 Å². The molecule has 0 aromatic heterocycles. The van der Waals surface area contributed by atoms with Crippen LogP contribution in [0.3, 0.4) is 0 Å². The van der Waals surface area contributed by atoms with Crippen LogP contribution in [-0.2, 0) is 30.1 Å². The number of likely N-dealkylation sites (N-methyl/N-ethyl adjacent to an activating group) is 1. The molecule has 2 N–H and O–H groups in total. The van der Waals surface area contributed by atoms with Crippen LogP contribution in [0.5, 0.6) is 5.75 Å². The Balaban J connectivity index is 1.38. The maximum absolute atomic E-state index is 13.8. The highest BCUT2D eigenvalue weighted by molar-refractivity contribution is 7.99. The highest BCUT2D eigenvalue weighted by Gasteiger charge is 2.38. The molecule has 3 atom stereocenters. The van der Waals surface area contributed by atoms with E-state index in [0.717, 1.165) is 15.4 Å². The summed E-state index contributed by atoms with van der Waals surface area (Å²) in [5.74, 6) is -1.66. The third kappa shape index (κ3) is 10.3. The van der Waals surface area contributed by atoms with Crippen molar-refractivity contribution < 1.29 is 45.8 Å². The predicted octanol–water partition coefficient (Wildman–Crippen LogP) is 8.41. The standard InChI is InChI=1S/C39H39F6N3O4S/c1-24-20-48(25(2)23-49)37(51)32-10-7-11-33(46-35(50)18-27-16-28(38(40,41)42)19-29(17-27)39(43,44)45)36(32)52-34(24)22-47(3)21-26-12-14-31(15-13-26)53-30-8-5-4-6-9-30/h4-17,19,24-25,34,49H,18,20-23H2,1-3H3,(H,46,50)/t24-,25?,34-/m1/s1. The molecule has 0 fully saturated rings. The number of alkyl halides is 6. The summed E-state index contributed by atoms with van der Waals surface area (Å²) in [6, 6.07) is 23.0. The van der Waals surface area contributed by atoms with Crippen LogP contribution < -0.4 is 10.1 Å². The van der Waals surface area contributed by atoms with Crippen LogP contribution in [0.2, 0.25) is 0 Å². The average molecular weight is 760 g/mol. The Morgan fingerprint density at radius 3 is 2.15 bits per heavy atom. The van der Waals surface area contributed by atoms with E-state index in [4.69, 9.17) is 4.74 Å². The van der Waals surface area contributed by atoms with Gasteiger partial charge in [-0.15, -0.1) is 0 Å². The van der Waals surface area contributed by atoms with Gasteiger partial charge >= 0.3 is 12.4 Å². The van der Waals surface area contributed by atoms with Gasteiger partial charge in [0.25, 0.3) is 5.91 Å². The normalized spacial score (nSPS) is 17.1. The number of fused-ring (bicyclic) bond motifs is 1. The van der Waals surface area contributed by atoms with Crippen molar-refractivity contribution in [2.24, 2.45) is 5.92 Å². The topological polar surface area (TPSA) is 82.1 Å². The molecule has 4 aromatic rings. The van der Waals surface area contributed by atoms with E-state index in [-0.39, 0.29) is 42.1 Å². The largest absolute Gasteiger partial charge is 0.486 e. The summed E-state index contributed by atoms with van der Waals surface area (Å²) >= 11 is 1.65. The van der Waals surface area contributed by atoms with Crippen LogP contribution in [0.15, 0.2) is 101 Å². The van der Waals surface area contributed by atoms with E-state index in [0.29, 0.717) is 25.2 Å². The Bertz CT molecular complexity index is 1860. The first kappa shape index (κ1) is 39.7. The highest BCUT2D eigenvalue weighted by atomic mass is 32.2. The van der Waals surface area contributed by atoms with Crippen molar-refractivity contribution >= 4 is 29.3 Å². The van der Waals surface area contributed by atoms with Crippen LogP contribution in [-0.4, -0.2) is 65.6 Å². The number of aliphatic hydroxyl groups is 1. The number of hydrogen-bond acceptors (Lipinski definition) is 6. The lowest BCUT2D eigenvalue weighted by Crippen LogP contribution is -2.49. The molecule has 0 spiro atoms. The second kappa shape index (κ2) is 16.6. The molecule has 0 radical (unpaired) electrons. The molecule has 0 bridgehead atoms. The summed E-state index contributed by atoms with van der Waals surface area (Å²) in [4.78, 5) is 32.9. The molecule has 1 aliphatic heterocycles. The molecule has 1 aliphatic rings. The number of rotatable bonds is 11. The minimum atomic E-state index is -5.07. The molecule has 7 nitrogen and oxygen atoms in total. The molecule has 282 valence electrons. The predicted molar refractivity (Wildman–Crippen MR) is 190 cm³/mol. The van der Waals surface area contributed by atoms with E-state index in [1.165, 1.54) is 23.1 Å². The van der Waals surface area contributed by atoms with Crippen molar-refractivity contribution in [2.45, 2.75) is 61.1 Å². The summed E-state index contributed by atoms with van der Waals surface area (Å²) in [5.41, 5.74) is -2.42. The molecule has 0 aliphatic carbocycles. The number of aliphatic hydroxyl groups excluding tert-OH is 1. The van der Waals surface area contributed by atoms with Gasteiger partial charge in [-0.1, -0.05) is 55.1 Å². The number of para-hydroxylation sites is 1. The van der Waals surface area contributed by atoms with Gasteiger partial charge in [0.1, 0.15) is 6.10 Å². The van der Waals surface area contributed by atoms with E-state index in [9.17, 15) is 41.0 Å². The van der Waals surface area contributed by atoms with E-state index >= 15 is 0 Å². The third-order valence-corrected chi connectivity index (χ3v) is 9.84. The average Bonchev–Trinajstić information content (AvgIpc) is 3.10. The zero-order valence-electron chi connectivity index (χ0n) is 29.2. The van der Waals surface area contributed by atoms with Gasteiger partial charge in [0.05, 0.1) is 41.4 Å². The van der Waals surface area contributed by atoms with E-state index in [1.54, 1.807) is 18.7 Å². The van der Waals surface area contributed by atoms with Gasteiger partial charge in [-0.3, -0.25) is 14.5 Å². The van der Waals surface area contributed by atoms with E-state index in [1.807, 2.05) is 68.6 Å². The summed E-state index contributed by atoms with van der Waals surface area (Å²) in [6.07, 6.45) is -11.5. The van der Waals surface area contributed by atoms with Crippen molar-refractivity contribution in [1.82, 2.24) is 9.80 Å². The van der Waals surface area contributed by atoms with Crippen LogP contribution in [0.4, 0.5) is 32.0 Å². The van der Waals surface area contributed by atoms with Crippen molar-refractivity contribution in [3.63, 3.8) is 0 Å². The molecule has 53 heavy (non-hydrogen) atoms. The molecule has 4 aromatic carbocycles. The molecule has 1 heterocycles. The SMILES string of the molecule is CC(CO)N1C[C@@H](C)[C@@H](CN(C)Cc2ccc(Sc3ccccc3)cc2)Oc2c(NC(=O)Cc3cc(C(F)(F)F)cc(C(F)(F)F)c3)cccc2C1=O. The number of amides is 2. The Morgan fingerprint density at radius 2 is 1.55 bits per heavy atom. The molecular formula is C39H39F6N3O4S. The molecule has 0 saturated heterocycles. The number of carbonyl (C=O) groups is 2. The quantitative estimate of drug-likeness (QED) is 0.150. The number of ether oxygens (including phenoxy) is 1. The number of nitrogens with zero attached hydrogens (tertiary/aromatic N) is 2. The lowest BCUT2D eigenvalue weighted by molar-refractivity contribution is -0.143. The van der Waals surface area contributed by atoms with Gasteiger partial charge in [-0.05, 0) is 79.7 Å². The monoisotopic (exact) mass is 759 g/mol. The zero-order valence-corrected chi connectivity index (χ0v) is 30.0. The highest BCUT2D eigenvalue weighted by Crippen LogP contribution is 2.38. The summed E-state index contributed by atoms with van der Waals surface area (Å²) in [7, 11) is 1.92. The van der Waals surface area contributed by atoms with Gasteiger partial charge in [-0.2, -0.15) is 26.3 Å². The first-order valence-electron chi connectivity index (χ1n) is 16.8. The Morgan fingerprint density at radius 1 is 0.925 bits per heavy atom. The summed E-state index contributed by atoms with van der Waals surface area (Å²) in [5, 5.41) is 12.6. The van der Waals surface area contributed by atoms with E-state index in [2.05, 4.69) is 10.2 Å². The van der Waals surface area contributed by atoms with Crippen LogP contribution in [0.25, 0.3) is 0 Å². The summed E-state index contributed by atoms with van der Waals surface area (Å²) < 4.78 is 87.3. The van der Waals surface area contributed by atoms with Crippen molar-refractivity contribution in [2.75, 3.05) is 32.1 Å². The van der Waals surface area contributed by atoms with Crippen LogP contribution in [0, 0.1) is 5.92 Å². The smallest absolute Gasteiger partial charge is 0.416 e. The number of hydrogen-bond donors (Lipinski definition) is 2. The fourth-order valence-corrected chi connectivity index (χ4v) is 6.87. The van der Waals surface area contributed by atoms with Crippen molar-refractivity contribution in [3.05, 3.63) is 119 Å². The van der Waals surface area contributed by atoms with Crippen LogP contribution >= 0.6 is 11.8 Å². The van der Waals surface area contributed by atoms with Gasteiger partial charge in [0.15, 0.2) is 5.75 Å². The first-order valence-corrected chi connectivity index (χ1v) is 17.6. The van der Waals surface area contributed by atoms with Crippen molar-refractivity contribution in [3.8, 4) is 5.75 Å². The van der Waals surface area contributed by atoms with Gasteiger partial charge in [0, 0.05) is 35.3 Å². The van der Waals surface area contributed by atoms with Gasteiger partial charge < -0.3 is 20.1 Å². The number of nitrogens with one attached hydrogen (secondary N) is 1. The zero-order chi connectivity index (χ0) is 38.5. The Labute approximate surface area is 307 Å². The fourth-order valence-electron chi connectivity index (χ4n) is 6.03. The first-order chi connectivity index (χ1) is 25.0. The molecule has 5 rings (SSSR count). The molecule has 2 amide bonds. The summed E-state index contributed by atoms with van der Waals surface area (Å²) in [6.45, 7) is 4.47. The lowest BCUT2D eigenvalue weighted by Gasteiger charge is -2.38.